The summed E-state index contributed by atoms with van der Waals surface area (Å²) in [6, 6.07) is 10.0. The van der Waals surface area contributed by atoms with Crippen molar-refractivity contribution in [1.82, 2.24) is 4.98 Å². The average molecular weight is 292 g/mol. The molecule has 0 aliphatic heterocycles. The molecule has 1 unspecified atom stereocenters. The molecule has 0 spiro atoms. The van der Waals surface area contributed by atoms with Crippen molar-refractivity contribution in [3.05, 3.63) is 64.2 Å². The summed E-state index contributed by atoms with van der Waals surface area (Å²) in [6.07, 6.45) is 2.52. The van der Waals surface area contributed by atoms with E-state index in [0.29, 0.717) is 5.92 Å². The van der Waals surface area contributed by atoms with Crippen molar-refractivity contribution in [2.24, 2.45) is 0 Å². The van der Waals surface area contributed by atoms with Gasteiger partial charge >= 0.3 is 0 Å². The lowest BCUT2D eigenvalue weighted by Crippen LogP contribution is -2.01. The van der Waals surface area contributed by atoms with E-state index in [0.717, 1.165) is 12.0 Å². The Labute approximate surface area is 124 Å². The van der Waals surface area contributed by atoms with E-state index in [1.165, 1.54) is 17.2 Å². The van der Waals surface area contributed by atoms with Gasteiger partial charge in [-0.15, -0.1) is 0 Å². The van der Waals surface area contributed by atoms with Crippen LogP contribution in [-0.4, -0.2) is 4.98 Å². The van der Waals surface area contributed by atoms with Crippen LogP contribution in [0.15, 0.2) is 36.5 Å². The molecule has 0 aliphatic rings. The van der Waals surface area contributed by atoms with Crippen LogP contribution in [0, 0.1) is 5.82 Å². The van der Waals surface area contributed by atoms with E-state index in [1.54, 1.807) is 6.20 Å². The molecule has 0 radical (unpaired) electrons. The molecule has 1 aromatic heterocycles. The molecule has 0 aliphatic carbocycles. The van der Waals surface area contributed by atoms with Gasteiger partial charge in [-0.3, -0.25) is 0 Å². The minimum Gasteiger partial charge on any atom is -0.241 e. The van der Waals surface area contributed by atoms with Gasteiger partial charge < -0.3 is 0 Å². The Kier molecular flexibility index (Phi) is 4.77. The third-order valence-electron chi connectivity index (χ3n) is 3.55. The molecule has 1 nitrogen and oxygen atoms in total. The SMILES string of the molecule is CC(C)c1cccc(CC(C)c2cnc(Cl)c(F)c2)c1. The normalized spacial score (nSPS) is 12.7. The molecule has 2 rings (SSSR count). The fourth-order valence-corrected chi connectivity index (χ4v) is 2.36. The molecule has 1 heterocycles. The number of nitrogens with zero attached hydrogens (tertiary/aromatic N) is 1. The highest BCUT2D eigenvalue weighted by Crippen LogP contribution is 2.24. The maximum atomic E-state index is 13.5. The number of hydrogen-bond acceptors (Lipinski definition) is 1. The second kappa shape index (κ2) is 6.36. The summed E-state index contributed by atoms with van der Waals surface area (Å²) in [6.45, 7) is 6.44. The quantitative estimate of drug-likeness (QED) is 0.693. The first-order valence-corrected chi connectivity index (χ1v) is 7.25. The second-order valence-corrected chi connectivity index (χ2v) is 5.90. The number of pyridine rings is 1. The number of halogens is 2. The number of benzene rings is 1. The first kappa shape index (κ1) is 15.0. The summed E-state index contributed by atoms with van der Waals surface area (Å²) in [5, 5.41) is -0.0669. The molecule has 3 heteroatoms. The van der Waals surface area contributed by atoms with Gasteiger partial charge in [-0.25, -0.2) is 9.37 Å². The fourth-order valence-electron chi connectivity index (χ4n) is 2.26. The van der Waals surface area contributed by atoms with Crippen molar-refractivity contribution in [3.8, 4) is 0 Å². The van der Waals surface area contributed by atoms with Gasteiger partial charge in [-0.2, -0.15) is 0 Å². The highest BCUT2D eigenvalue weighted by molar-refractivity contribution is 6.29. The van der Waals surface area contributed by atoms with E-state index in [1.807, 2.05) is 0 Å². The van der Waals surface area contributed by atoms with Gasteiger partial charge in [0.05, 0.1) is 0 Å². The van der Waals surface area contributed by atoms with Crippen molar-refractivity contribution in [1.29, 1.82) is 0 Å². The Morgan fingerprint density at radius 1 is 1.15 bits per heavy atom. The van der Waals surface area contributed by atoms with Gasteiger partial charge in [0.25, 0.3) is 0 Å². The molecule has 1 aromatic carbocycles. The van der Waals surface area contributed by atoms with Gasteiger partial charge in [-0.1, -0.05) is 56.6 Å². The maximum Gasteiger partial charge on any atom is 0.164 e. The predicted molar refractivity (Wildman–Crippen MR) is 81.9 cm³/mol. The van der Waals surface area contributed by atoms with Crippen LogP contribution in [0.25, 0.3) is 0 Å². The summed E-state index contributed by atoms with van der Waals surface area (Å²) < 4.78 is 13.5. The van der Waals surface area contributed by atoms with E-state index < -0.39 is 5.82 Å². The first-order valence-electron chi connectivity index (χ1n) is 6.87. The fraction of sp³-hybridized carbons (Fsp3) is 0.353. The number of aromatic nitrogens is 1. The van der Waals surface area contributed by atoms with Crippen LogP contribution in [0.2, 0.25) is 5.15 Å². The molecule has 1 atom stereocenters. The zero-order chi connectivity index (χ0) is 14.7. The first-order chi connectivity index (χ1) is 9.47. The van der Waals surface area contributed by atoms with Gasteiger partial charge in [0.15, 0.2) is 11.0 Å². The van der Waals surface area contributed by atoms with Crippen molar-refractivity contribution in [2.45, 2.75) is 39.0 Å². The van der Waals surface area contributed by atoms with Crippen LogP contribution in [0.3, 0.4) is 0 Å². The minimum absolute atomic E-state index is 0.0669. The largest absolute Gasteiger partial charge is 0.241 e. The summed E-state index contributed by atoms with van der Waals surface area (Å²) in [4.78, 5) is 3.88. The molecular formula is C17H19ClFN. The van der Waals surface area contributed by atoms with Crippen molar-refractivity contribution < 1.29 is 4.39 Å². The van der Waals surface area contributed by atoms with E-state index in [2.05, 4.69) is 50.0 Å². The summed E-state index contributed by atoms with van der Waals surface area (Å²) in [5.41, 5.74) is 3.47. The molecule has 2 aromatic rings. The van der Waals surface area contributed by atoms with E-state index in [4.69, 9.17) is 11.6 Å². The molecule has 0 saturated heterocycles. The molecular weight excluding hydrogens is 273 g/mol. The Bertz CT molecular complexity index is 595. The van der Waals surface area contributed by atoms with Crippen LogP contribution in [0.4, 0.5) is 4.39 Å². The smallest absolute Gasteiger partial charge is 0.164 e. The standard InChI is InChI=1S/C17H19ClFN/c1-11(2)14-6-4-5-13(8-14)7-12(3)15-9-16(19)17(18)20-10-15/h4-6,8-12H,7H2,1-3H3. The van der Waals surface area contributed by atoms with E-state index in [-0.39, 0.29) is 11.1 Å². The van der Waals surface area contributed by atoms with E-state index in [9.17, 15) is 4.39 Å². The van der Waals surface area contributed by atoms with Crippen LogP contribution < -0.4 is 0 Å². The molecule has 0 amide bonds. The van der Waals surface area contributed by atoms with Crippen molar-refractivity contribution in [2.75, 3.05) is 0 Å². The van der Waals surface area contributed by atoms with Crippen LogP contribution in [0.1, 0.15) is 49.3 Å². The molecule has 0 N–H and O–H groups in total. The van der Waals surface area contributed by atoms with E-state index >= 15 is 0 Å². The van der Waals surface area contributed by atoms with Crippen molar-refractivity contribution >= 4 is 11.6 Å². The Morgan fingerprint density at radius 3 is 2.55 bits per heavy atom. The van der Waals surface area contributed by atoms with Gasteiger partial charge in [-0.05, 0) is 41.0 Å². The van der Waals surface area contributed by atoms with Gasteiger partial charge in [0.2, 0.25) is 0 Å². The molecule has 0 saturated carbocycles. The van der Waals surface area contributed by atoms with Crippen LogP contribution in [-0.2, 0) is 6.42 Å². The predicted octanol–water partition coefficient (Wildman–Crippen LogP) is 5.34. The lowest BCUT2D eigenvalue weighted by atomic mass is 9.92. The van der Waals surface area contributed by atoms with Crippen LogP contribution >= 0.6 is 11.6 Å². The summed E-state index contributed by atoms with van der Waals surface area (Å²) >= 11 is 5.62. The van der Waals surface area contributed by atoms with Gasteiger partial charge in [0.1, 0.15) is 0 Å². The summed E-state index contributed by atoms with van der Waals surface area (Å²) in [7, 11) is 0. The Balaban J connectivity index is 2.16. The number of hydrogen-bond donors (Lipinski definition) is 0. The maximum absolute atomic E-state index is 13.5. The minimum atomic E-state index is -0.452. The topological polar surface area (TPSA) is 12.9 Å². The molecule has 106 valence electrons. The molecule has 0 fully saturated rings. The number of rotatable bonds is 4. The lowest BCUT2D eigenvalue weighted by molar-refractivity contribution is 0.613. The van der Waals surface area contributed by atoms with Crippen molar-refractivity contribution in [3.63, 3.8) is 0 Å². The third-order valence-corrected chi connectivity index (χ3v) is 3.82. The van der Waals surface area contributed by atoms with Crippen LogP contribution in [0.5, 0.6) is 0 Å². The third kappa shape index (κ3) is 3.57. The Morgan fingerprint density at radius 2 is 1.90 bits per heavy atom. The zero-order valence-corrected chi connectivity index (χ0v) is 12.8. The molecule has 0 bridgehead atoms. The highest BCUT2D eigenvalue weighted by Gasteiger charge is 2.11. The zero-order valence-electron chi connectivity index (χ0n) is 12.0. The monoisotopic (exact) mass is 291 g/mol. The second-order valence-electron chi connectivity index (χ2n) is 5.55. The van der Waals surface area contributed by atoms with Gasteiger partial charge in [0, 0.05) is 6.20 Å². The summed E-state index contributed by atoms with van der Waals surface area (Å²) in [5.74, 6) is 0.267. The Hall–Kier alpha value is -1.41. The highest BCUT2D eigenvalue weighted by atomic mass is 35.5. The lowest BCUT2D eigenvalue weighted by Gasteiger charge is -2.14. The molecule has 20 heavy (non-hydrogen) atoms. The average Bonchev–Trinajstić information content (AvgIpc) is 2.42.